The third kappa shape index (κ3) is 4.52. The first kappa shape index (κ1) is 20.7. The highest BCUT2D eigenvalue weighted by Gasteiger charge is 2.29. The molecule has 1 heterocycles. The number of methoxy groups -OCH3 is 1. The highest BCUT2D eigenvalue weighted by molar-refractivity contribution is 5.95. The van der Waals surface area contributed by atoms with Gasteiger partial charge in [-0.1, -0.05) is 40.1 Å². The summed E-state index contributed by atoms with van der Waals surface area (Å²) in [5.74, 6) is -0.178. The van der Waals surface area contributed by atoms with Gasteiger partial charge in [-0.15, -0.1) is 4.68 Å². The van der Waals surface area contributed by atoms with E-state index >= 15 is 0 Å². The lowest BCUT2D eigenvalue weighted by Gasteiger charge is -2.00. The van der Waals surface area contributed by atoms with Crippen LogP contribution in [0.15, 0.2) is 58.4 Å². The molecule has 0 aliphatic rings. The number of amides is 1. The highest BCUT2D eigenvalue weighted by Crippen LogP contribution is 2.09. The molecular formula is C21H22N5O4+. The minimum Gasteiger partial charge on any atom is -0.497 e. The third-order valence-corrected chi connectivity index (χ3v) is 4.44. The van der Waals surface area contributed by atoms with Gasteiger partial charge in [-0.05, 0) is 36.8 Å². The molecule has 3 aromatic rings. The molecule has 0 saturated heterocycles. The van der Waals surface area contributed by atoms with Crippen LogP contribution in [-0.2, 0) is 6.54 Å². The van der Waals surface area contributed by atoms with Crippen molar-refractivity contribution in [1.29, 1.82) is 0 Å². The molecule has 0 radical (unpaired) electrons. The lowest BCUT2D eigenvalue weighted by atomic mass is 10.1. The van der Waals surface area contributed by atoms with E-state index < -0.39 is 11.5 Å². The summed E-state index contributed by atoms with van der Waals surface area (Å²) in [5, 5.41) is 9.19. The van der Waals surface area contributed by atoms with Gasteiger partial charge in [0.1, 0.15) is 5.75 Å². The topological polar surface area (TPSA) is 109 Å². The first-order valence-electron chi connectivity index (χ1n) is 9.18. The Morgan fingerprint density at radius 3 is 2.43 bits per heavy atom. The highest BCUT2D eigenvalue weighted by atomic mass is 16.5. The summed E-state index contributed by atoms with van der Waals surface area (Å²) in [6, 6.07) is 14.1. The Morgan fingerprint density at radius 2 is 1.83 bits per heavy atom. The van der Waals surface area contributed by atoms with E-state index in [1.54, 1.807) is 43.5 Å². The molecule has 0 unspecified atom stereocenters. The first-order chi connectivity index (χ1) is 14.4. The Kier molecular flexibility index (Phi) is 6.21. The van der Waals surface area contributed by atoms with Crippen LogP contribution in [0.5, 0.6) is 5.75 Å². The quantitative estimate of drug-likeness (QED) is 0.344. The summed E-state index contributed by atoms with van der Waals surface area (Å²) in [7, 11) is 2.98. The fourth-order valence-electron chi connectivity index (χ4n) is 2.75. The van der Waals surface area contributed by atoms with Crippen LogP contribution in [0.4, 0.5) is 0 Å². The average molecular weight is 408 g/mol. The molecule has 1 amide bonds. The van der Waals surface area contributed by atoms with Crippen LogP contribution in [0.2, 0.25) is 0 Å². The van der Waals surface area contributed by atoms with Gasteiger partial charge in [0.15, 0.2) is 6.54 Å². The molecule has 0 aliphatic heterocycles. The fourth-order valence-corrected chi connectivity index (χ4v) is 2.75. The minimum absolute atomic E-state index is 0.216. The summed E-state index contributed by atoms with van der Waals surface area (Å²) >= 11 is 0. The zero-order valence-corrected chi connectivity index (χ0v) is 16.9. The number of Topliss-reactive ketones (excluding diaryl/α,β-unsaturated/α-hetero) is 1. The number of carbonyl (C=O) groups excluding carboxylic acids is 2. The summed E-state index contributed by atoms with van der Waals surface area (Å²) < 4.78 is 6.29. The van der Waals surface area contributed by atoms with Gasteiger partial charge in [-0.2, -0.15) is 0 Å². The second kappa shape index (κ2) is 8.99. The molecule has 2 aromatic carbocycles. The molecule has 0 saturated carbocycles. The molecule has 9 nitrogen and oxygen atoms in total. The van der Waals surface area contributed by atoms with Crippen molar-refractivity contribution in [3.8, 4) is 5.75 Å². The smallest absolute Gasteiger partial charge is 0.432 e. The van der Waals surface area contributed by atoms with E-state index in [2.05, 4.69) is 15.6 Å². The normalized spacial score (nSPS) is 10.9. The number of ether oxygens (including phenoxy) is 1. The van der Waals surface area contributed by atoms with E-state index in [0.29, 0.717) is 11.3 Å². The predicted molar refractivity (Wildman–Crippen MR) is 110 cm³/mol. The molecule has 0 fully saturated rings. The molecule has 30 heavy (non-hydrogen) atoms. The molecule has 0 bridgehead atoms. The fraction of sp³-hybridized carbons (Fsp3) is 0.190. The molecular weight excluding hydrogens is 386 g/mol. The number of nitrogens with zero attached hydrogens (tertiary/aromatic N) is 3. The molecule has 0 aliphatic carbocycles. The zero-order chi connectivity index (χ0) is 21.7. The summed E-state index contributed by atoms with van der Waals surface area (Å²) in [4.78, 5) is 38.4. The van der Waals surface area contributed by atoms with Crippen molar-refractivity contribution < 1.29 is 19.0 Å². The van der Waals surface area contributed by atoms with E-state index in [-0.39, 0.29) is 18.0 Å². The number of aryl methyl sites for hydroxylation is 1. The van der Waals surface area contributed by atoms with Gasteiger partial charge in [-0.25, -0.2) is 4.79 Å². The standard InChI is InChI=1S/C21H21N5O4/c1-14-4-8-16(9-5-14)18(27)13-25-19(20(28)22-2)21(29)26(24-25)23-12-15-6-10-17(30-3)11-7-15/h4-12H,13H2,1-3H3,(H-,22,24,28,29)/p+1/b23-12+. The Labute approximate surface area is 172 Å². The number of aromatic nitrogens is 3. The number of nitrogens with one attached hydrogen (secondary N) is 2. The van der Waals surface area contributed by atoms with Crippen molar-refractivity contribution in [3.05, 3.63) is 81.3 Å². The lowest BCUT2D eigenvalue weighted by molar-refractivity contribution is -0.744. The van der Waals surface area contributed by atoms with Crippen LogP contribution >= 0.6 is 0 Å². The van der Waals surface area contributed by atoms with Gasteiger partial charge in [0.25, 0.3) is 0 Å². The van der Waals surface area contributed by atoms with Crippen molar-refractivity contribution in [2.75, 3.05) is 14.2 Å². The Morgan fingerprint density at radius 1 is 1.17 bits per heavy atom. The van der Waals surface area contributed by atoms with Crippen LogP contribution in [0.1, 0.15) is 32.0 Å². The lowest BCUT2D eigenvalue weighted by Crippen LogP contribution is -2.48. The van der Waals surface area contributed by atoms with Crippen LogP contribution in [0.3, 0.4) is 0 Å². The van der Waals surface area contributed by atoms with Crippen LogP contribution in [0.25, 0.3) is 0 Å². The predicted octanol–water partition coefficient (Wildman–Crippen LogP) is 0.906. The van der Waals surface area contributed by atoms with Crippen molar-refractivity contribution in [2.45, 2.75) is 13.5 Å². The molecule has 154 valence electrons. The maximum atomic E-state index is 12.7. The van der Waals surface area contributed by atoms with Gasteiger partial charge in [-0.3, -0.25) is 9.59 Å². The number of benzene rings is 2. The monoisotopic (exact) mass is 408 g/mol. The van der Waals surface area contributed by atoms with Crippen LogP contribution in [-0.4, -0.2) is 42.1 Å². The largest absolute Gasteiger partial charge is 0.497 e. The summed E-state index contributed by atoms with van der Waals surface area (Å²) in [6.45, 7) is 1.71. The van der Waals surface area contributed by atoms with Crippen molar-refractivity contribution in [1.82, 2.24) is 15.3 Å². The molecule has 0 atom stereocenters. The number of rotatable bonds is 7. The second-order valence-electron chi connectivity index (χ2n) is 6.54. The number of H-pyrrole nitrogens is 1. The van der Waals surface area contributed by atoms with Gasteiger partial charge < -0.3 is 10.1 Å². The zero-order valence-electron chi connectivity index (χ0n) is 16.9. The SMILES string of the molecule is CNC(=O)c1c(=O)n(/N=C/c2ccc(OC)cc2)[nH][n+]1CC(=O)c1ccc(C)cc1. The van der Waals surface area contributed by atoms with Crippen LogP contribution in [0, 0.1) is 6.92 Å². The average Bonchev–Trinajstić information content (AvgIpc) is 3.07. The summed E-state index contributed by atoms with van der Waals surface area (Å²) in [5.41, 5.74) is 1.34. The molecule has 2 N–H and O–H groups in total. The van der Waals surface area contributed by atoms with E-state index in [1.165, 1.54) is 17.9 Å². The summed E-state index contributed by atoms with van der Waals surface area (Å²) in [6.07, 6.45) is 1.46. The molecule has 3 rings (SSSR count). The van der Waals surface area contributed by atoms with Crippen LogP contribution < -0.4 is 20.3 Å². The number of hydrogen-bond donors (Lipinski definition) is 2. The van der Waals surface area contributed by atoms with Crippen molar-refractivity contribution in [3.63, 3.8) is 0 Å². The third-order valence-electron chi connectivity index (χ3n) is 4.44. The number of aromatic amines is 1. The van der Waals surface area contributed by atoms with Crippen molar-refractivity contribution >= 4 is 17.9 Å². The minimum atomic E-state index is -0.671. The van der Waals surface area contributed by atoms with Gasteiger partial charge in [0.2, 0.25) is 5.78 Å². The van der Waals surface area contributed by atoms with Gasteiger partial charge in [0.05, 0.1) is 13.3 Å². The number of carbonyl (C=O) groups is 2. The molecule has 1 aromatic heterocycles. The number of hydrogen-bond acceptors (Lipinski definition) is 5. The Bertz CT molecular complexity index is 1140. The second-order valence-corrected chi connectivity index (χ2v) is 6.54. The van der Waals surface area contributed by atoms with E-state index in [9.17, 15) is 14.4 Å². The van der Waals surface area contributed by atoms with E-state index in [1.807, 2.05) is 19.1 Å². The molecule has 0 spiro atoms. The van der Waals surface area contributed by atoms with E-state index in [4.69, 9.17) is 4.74 Å². The Balaban J connectivity index is 1.91. The van der Waals surface area contributed by atoms with Crippen molar-refractivity contribution in [2.24, 2.45) is 5.10 Å². The first-order valence-corrected chi connectivity index (χ1v) is 9.18. The maximum Gasteiger partial charge on any atom is 0.432 e. The van der Waals surface area contributed by atoms with Gasteiger partial charge >= 0.3 is 17.2 Å². The molecule has 9 heteroatoms. The number of ketones is 1. The van der Waals surface area contributed by atoms with Gasteiger partial charge in [0, 0.05) is 17.4 Å². The maximum absolute atomic E-state index is 12.7. The Hall–Kier alpha value is -4.01. The van der Waals surface area contributed by atoms with E-state index in [0.717, 1.165) is 15.9 Å².